The van der Waals surface area contributed by atoms with Gasteiger partial charge in [-0.3, -0.25) is 0 Å². The molecule has 0 saturated heterocycles. The Morgan fingerprint density at radius 2 is 1.93 bits per heavy atom. The molecule has 148 valence electrons. The summed E-state index contributed by atoms with van der Waals surface area (Å²) >= 11 is 0. The number of nitrogens with zero attached hydrogens (tertiary/aromatic N) is 1. The van der Waals surface area contributed by atoms with Gasteiger partial charge in [-0.25, -0.2) is 4.39 Å². The molecule has 1 heterocycles. The van der Waals surface area contributed by atoms with E-state index in [4.69, 9.17) is 0 Å². The van der Waals surface area contributed by atoms with Crippen molar-refractivity contribution in [2.45, 2.75) is 58.0 Å². The fraction of sp³-hybridized carbons (Fsp3) is 0.333. The van der Waals surface area contributed by atoms with Crippen molar-refractivity contribution >= 4 is 5.57 Å². The molecule has 2 aromatic carbocycles. The maximum Gasteiger partial charge on any atom is 0.123 e. The molecule has 0 spiro atoms. The normalized spacial score (nSPS) is 20.0. The number of allylic oxidation sites excluding steroid dienone is 1. The van der Waals surface area contributed by atoms with Crippen LogP contribution in [0.2, 0.25) is 0 Å². The molecule has 0 aromatic heterocycles. The van der Waals surface area contributed by atoms with Crippen molar-refractivity contribution in [3.63, 3.8) is 0 Å². The zero-order valence-corrected chi connectivity index (χ0v) is 17.3. The highest BCUT2D eigenvalue weighted by Crippen LogP contribution is 2.50. The highest BCUT2D eigenvalue weighted by molar-refractivity contribution is 5.79. The van der Waals surface area contributed by atoms with Gasteiger partial charge in [-0.1, -0.05) is 74.6 Å². The Morgan fingerprint density at radius 1 is 1.17 bits per heavy atom. The van der Waals surface area contributed by atoms with Crippen LogP contribution in [0.5, 0.6) is 0 Å². The van der Waals surface area contributed by atoms with Gasteiger partial charge in [0.25, 0.3) is 0 Å². The molecule has 0 radical (unpaired) electrons. The highest BCUT2D eigenvalue weighted by atomic mass is 19.1. The van der Waals surface area contributed by atoms with E-state index in [2.05, 4.69) is 54.5 Å². The molecule has 0 saturated carbocycles. The summed E-state index contributed by atoms with van der Waals surface area (Å²) in [5.74, 6) is 6.05. The number of benzene rings is 2. The van der Waals surface area contributed by atoms with Crippen LogP contribution in [0.15, 0.2) is 66.4 Å². The molecule has 0 N–H and O–H groups in total. The molecule has 4 rings (SSSR count). The van der Waals surface area contributed by atoms with Crippen molar-refractivity contribution < 1.29 is 4.39 Å². The monoisotopic (exact) mass is 385 g/mol. The van der Waals surface area contributed by atoms with Crippen LogP contribution < -0.4 is 0 Å². The Bertz CT molecular complexity index is 1000. The largest absolute Gasteiger partial charge is 0.351 e. The Hall–Kier alpha value is -2.79. The first-order chi connectivity index (χ1) is 14.1. The van der Waals surface area contributed by atoms with Gasteiger partial charge in [0.2, 0.25) is 0 Å². The number of fused-ring (bicyclic) bond motifs is 2. The fourth-order valence-corrected chi connectivity index (χ4v) is 4.94. The molecule has 0 amide bonds. The van der Waals surface area contributed by atoms with Crippen LogP contribution >= 0.6 is 0 Å². The zero-order chi connectivity index (χ0) is 20.4. The molecule has 2 aliphatic rings. The lowest BCUT2D eigenvalue weighted by molar-refractivity contribution is 0.192. The van der Waals surface area contributed by atoms with Gasteiger partial charge in [-0.15, -0.1) is 0 Å². The summed E-state index contributed by atoms with van der Waals surface area (Å²) < 4.78 is 13.7. The van der Waals surface area contributed by atoms with Gasteiger partial charge < -0.3 is 4.90 Å². The molecule has 2 aromatic rings. The summed E-state index contributed by atoms with van der Waals surface area (Å²) in [7, 11) is 0. The molecule has 29 heavy (non-hydrogen) atoms. The first kappa shape index (κ1) is 19.5. The zero-order valence-electron chi connectivity index (χ0n) is 17.3. The quantitative estimate of drug-likeness (QED) is 0.519. The van der Waals surface area contributed by atoms with E-state index < -0.39 is 0 Å². The lowest BCUT2D eigenvalue weighted by Gasteiger charge is -2.45. The summed E-state index contributed by atoms with van der Waals surface area (Å²) in [5, 5.41) is 0. The topological polar surface area (TPSA) is 3.24 Å². The third-order valence-corrected chi connectivity index (χ3v) is 6.21. The van der Waals surface area contributed by atoms with Crippen LogP contribution in [0.4, 0.5) is 4.39 Å². The van der Waals surface area contributed by atoms with E-state index in [1.165, 1.54) is 35.1 Å². The van der Waals surface area contributed by atoms with E-state index in [1.54, 1.807) is 12.1 Å². The van der Waals surface area contributed by atoms with Gasteiger partial charge in [0.15, 0.2) is 0 Å². The van der Waals surface area contributed by atoms with Crippen LogP contribution in [0.3, 0.4) is 0 Å². The summed E-state index contributed by atoms with van der Waals surface area (Å²) in [5.41, 5.74) is 7.67. The van der Waals surface area contributed by atoms with Gasteiger partial charge >= 0.3 is 0 Å². The second-order valence-corrected chi connectivity index (χ2v) is 8.02. The average Bonchev–Trinajstić information content (AvgIpc) is 3.10. The van der Waals surface area contributed by atoms with E-state index in [-0.39, 0.29) is 11.9 Å². The number of hydrogen-bond acceptors (Lipinski definition) is 1. The maximum absolute atomic E-state index is 13.7. The Labute approximate surface area is 173 Å². The standard InChI is InChI=1S/C27H28FN/c1-4-6-11-23-18-25-24-12-8-7-10-21(24)17-26(25)27(29(23)19(3)9-5-2)20-13-15-22(28)16-14-20/h7-8,10,12-16,23,27H,3-4,6,11,17-18H2,1-2H3/t23-,27-/m0/s1. The first-order valence-electron chi connectivity index (χ1n) is 10.6. The molecule has 0 unspecified atom stereocenters. The van der Waals surface area contributed by atoms with Crippen LogP contribution in [0.25, 0.3) is 5.57 Å². The van der Waals surface area contributed by atoms with Crippen LogP contribution in [0, 0.1) is 17.7 Å². The van der Waals surface area contributed by atoms with Gasteiger partial charge in [-0.05, 0) is 66.2 Å². The lowest BCUT2D eigenvalue weighted by atomic mass is 9.83. The van der Waals surface area contributed by atoms with E-state index in [1.807, 2.05) is 19.1 Å². The minimum absolute atomic E-state index is 0.0574. The van der Waals surface area contributed by atoms with Crippen molar-refractivity contribution in [3.05, 3.63) is 88.9 Å². The molecule has 2 heteroatoms. The van der Waals surface area contributed by atoms with Gasteiger partial charge in [0.1, 0.15) is 5.82 Å². The molecule has 1 aliphatic carbocycles. The molecule has 0 fully saturated rings. The molecule has 1 nitrogen and oxygen atoms in total. The van der Waals surface area contributed by atoms with Crippen molar-refractivity contribution in [1.82, 2.24) is 4.90 Å². The predicted octanol–water partition coefficient (Wildman–Crippen LogP) is 6.68. The second kappa shape index (κ2) is 8.29. The molecule has 1 aliphatic heterocycles. The maximum atomic E-state index is 13.7. The number of halogens is 1. The van der Waals surface area contributed by atoms with Crippen molar-refractivity contribution in [2.75, 3.05) is 0 Å². The minimum Gasteiger partial charge on any atom is -0.351 e. The second-order valence-electron chi connectivity index (χ2n) is 8.02. The molecule has 2 atom stereocenters. The number of hydrogen-bond donors (Lipinski definition) is 0. The average molecular weight is 386 g/mol. The summed E-state index contributed by atoms with van der Waals surface area (Å²) in [4.78, 5) is 2.42. The minimum atomic E-state index is -0.199. The van der Waals surface area contributed by atoms with Crippen molar-refractivity contribution in [2.24, 2.45) is 0 Å². The Balaban J connectivity index is 1.86. The molecule has 0 bridgehead atoms. The number of unbranched alkanes of at least 4 members (excludes halogenated alkanes) is 1. The first-order valence-corrected chi connectivity index (χ1v) is 10.6. The number of rotatable bonds is 5. The Morgan fingerprint density at radius 3 is 2.66 bits per heavy atom. The SMILES string of the molecule is C=C(C#CC)N1[C@@H](CCCC)CC2=C(Cc3ccccc32)[C@@H]1c1ccc(F)cc1. The fourth-order valence-electron chi connectivity index (χ4n) is 4.94. The van der Waals surface area contributed by atoms with Crippen molar-refractivity contribution in [1.29, 1.82) is 0 Å². The van der Waals surface area contributed by atoms with Gasteiger partial charge in [0, 0.05) is 6.04 Å². The van der Waals surface area contributed by atoms with Crippen molar-refractivity contribution in [3.8, 4) is 11.8 Å². The van der Waals surface area contributed by atoms with Crippen LogP contribution in [0.1, 0.15) is 62.3 Å². The molecular formula is C27H28FN. The van der Waals surface area contributed by atoms with Gasteiger partial charge in [-0.2, -0.15) is 0 Å². The summed E-state index contributed by atoms with van der Waals surface area (Å²) in [6.45, 7) is 8.44. The molecular weight excluding hydrogens is 357 g/mol. The van der Waals surface area contributed by atoms with E-state index in [0.717, 1.165) is 30.5 Å². The highest BCUT2D eigenvalue weighted by Gasteiger charge is 2.40. The predicted molar refractivity (Wildman–Crippen MR) is 119 cm³/mol. The summed E-state index contributed by atoms with van der Waals surface area (Å²) in [6.07, 6.45) is 5.41. The van der Waals surface area contributed by atoms with E-state index >= 15 is 0 Å². The lowest BCUT2D eigenvalue weighted by Crippen LogP contribution is -2.41. The smallest absolute Gasteiger partial charge is 0.123 e. The van der Waals surface area contributed by atoms with Gasteiger partial charge in [0.05, 0.1) is 11.7 Å². The van der Waals surface area contributed by atoms with Crippen LogP contribution in [-0.2, 0) is 6.42 Å². The van der Waals surface area contributed by atoms with Crippen LogP contribution in [-0.4, -0.2) is 10.9 Å². The summed E-state index contributed by atoms with van der Waals surface area (Å²) in [6, 6.07) is 16.2. The van der Waals surface area contributed by atoms with E-state index in [0.29, 0.717) is 6.04 Å². The third-order valence-electron chi connectivity index (χ3n) is 6.21. The third kappa shape index (κ3) is 3.62. The Kier molecular flexibility index (Phi) is 5.58. The van der Waals surface area contributed by atoms with E-state index in [9.17, 15) is 4.39 Å².